The Labute approximate surface area is 129 Å². The molecule has 0 atom stereocenters. The van der Waals surface area contributed by atoms with Crippen LogP contribution in [0.25, 0.3) is 0 Å². The van der Waals surface area contributed by atoms with Crippen molar-refractivity contribution in [1.29, 1.82) is 0 Å². The lowest BCUT2D eigenvalue weighted by molar-refractivity contribution is -0.120. The van der Waals surface area contributed by atoms with Gasteiger partial charge in [0.1, 0.15) is 5.69 Å². The van der Waals surface area contributed by atoms with Gasteiger partial charge < -0.3 is 5.32 Å². The number of sulfonamides is 1. The Morgan fingerprint density at radius 1 is 1.27 bits per heavy atom. The number of rotatable bonds is 8. The second-order valence-corrected chi connectivity index (χ2v) is 6.77. The van der Waals surface area contributed by atoms with Gasteiger partial charge in [0.05, 0.1) is 6.26 Å². The second kappa shape index (κ2) is 8.07. The van der Waals surface area contributed by atoms with Gasteiger partial charge in [0.15, 0.2) is 11.6 Å². The van der Waals surface area contributed by atoms with Gasteiger partial charge in [0.25, 0.3) is 0 Å². The number of amides is 1. The molecule has 1 N–H and O–H groups in total. The summed E-state index contributed by atoms with van der Waals surface area (Å²) in [6.07, 6.45) is 2.39. The summed E-state index contributed by atoms with van der Waals surface area (Å²) in [6.45, 7) is 2.13. The van der Waals surface area contributed by atoms with E-state index in [0.29, 0.717) is 10.8 Å². The van der Waals surface area contributed by atoms with Gasteiger partial charge in [-0.2, -0.15) is 0 Å². The van der Waals surface area contributed by atoms with E-state index in [0.717, 1.165) is 37.3 Å². The van der Waals surface area contributed by atoms with E-state index in [1.54, 1.807) is 0 Å². The summed E-state index contributed by atoms with van der Waals surface area (Å²) < 4.78 is 51.6. The summed E-state index contributed by atoms with van der Waals surface area (Å²) in [4.78, 5) is 11.6. The molecule has 0 aliphatic rings. The molecule has 124 valence electrons. The minimum absolute atomic E-state index is 0.176. The molecule has 0 aliphatic carbocycles. The number of carbonyl (C=O) groups excluding carboxylic acids is 1. The van der Waals surface area contributed by atoms with E-state index < -0.39 is 27.3 Å². The van der Waals surface area contributed by atoms with Crippen molar-refractivity contribution in [3.05, 3.63) is 29.8 Å². The minimum Gasteiger partial charge on any atom is -0.356 e. The molecular formula is C14H20F2N2O3S. The molecule has 0 saturated heterocycles. The minimum atomic E-state index is -3.91. The summed E-state index contributed by atoms with van der Waals surface area (Å²) in [5.41, 5.74) is -0.661. The van der Waals surface area contributed by atoms with Crippen LogP contribution in [0.5, 0.6) is 0 Å². The van der Waals surface area contributed by atoms with Crippen LogP contribution >= 0.6 is 0 Å². The zero-order valence-electron chi connectivity index (χ0n) is 12.6. The van der Waals surface area contributed by atoms with Crippen LogP contribution in [0.4, 0.5) is 14.5 Å². The third-order valence-electron chi connectivity index (χ3n) is 2.98. The van der Waals surface area contributed by atoms with Crippen molar-refractivity contribution in [2.45, 2.75) is 26.2 Å². The Morgan fingerprint density at radius 2 is 1.86 bits per heavy atom. The predicted octanol–water partition coefficient (Wildman–Crippen LogP) is 2.04. The first-order chi connectivity index (χ1) is 10.3. The molecule has 0 spiro atoms. The van der Waals surface area contributed by atoms with E-state index in [1.165, 1.54) is 0 Å². The molecular weight excluding hydrogens is 314 g/mol. The standard InChI is InChI=1S/C14H20F2N2O3S/c1-3-4-9-17-13(19)8-10-18(22(2,20)21)14-11(15)6-5-7-12(14)16/h5-7H,3-4,8-10H2,1-2H3,(H,17,19). The number of unbranched alkanes of at least 4 members (excludes halogenated alkanes) is 1. The molecule has 0 unspecified atom stereocenters. The zero-order chi connectivity index (χ0) is 16.8. The first kappa shape index (κ1) is 18.3. The van der Waals surface area contributed by atoms with Crippen molar-refractivity contribution in [1.82, 2.24) is 5.32 Å². The fourth-order valence-corrected chi connectivity index (χ4v) is 2.80. The van der Waals surface area contributed by atoms with Crippen LogP contribution < -0.4 is 9.62 Å². The monoisotopic (exact) mass is 334 g/mol. The fourth-order valence-electron chi connectivity index (χ4n) is 1.87. The summed E-state index contributed by atoms with van der Waals surface area (Å²) >= 11 is 0. The average Bonchev–Trinajstić information content (AvgIpc) is 2.41. The molecule has 1 amide bonds. The van der Waals surface area contributed by atoms with E-state index >= 15 is 0 Å². The Balaban J connectivity index is 2.86. The average molecular weight is 334 g/mol. The van der Waals surface area contributed by atoms with Crippen LogP contribution in [0.3, 0.4) is 0 Å². The number of nitrogens with zero attached hydrogens (tertiary/aromatic N) is 1. The van der Waals surface area contributed by atoms with Crippen molar-refractivity contribution in [2.75, 3.05) is 23.7 Å². The van der Waals surface area contributed by atoms with Crippen LogP contribution in [-0.4, -0.2) is 33.7 Å². The van der Waals surface area contributed by atoms with E-state index in [4.69, 9.17) is 0 Å². The normalized spacial score (nSPS) is 11.3. The van der Waals surface area contributed by atoms with Crippen molar-refractivity contribution in [2.24, 2.45) is 0 Å². The lowest BCUT2D eigenvalue weighted by Crippen LogP contribution is -2.36. The topological polar surface area (TPSA) is 66.5 Å². The number of para-hydroxylation sites is 1. The third-order valence-corrected chi connectivity index (χ3v) is 4.15. The Kier molecular flexibility index (Phi) is 6.73. The van der Waals surface area contributed by atoms with Gasteiger partial charge in [-0.05, 0) is 18.6 Å². The van der Waals surface area contributed by atoms with Gasteiger partial charge in [0.2, 0.25) is 15.9 Å². The van der Waals surface area contributed by atoms with Crippen molar-refractivity contribution in [3.63, 3.8) is 0 Å². The first-order valence-corrected chi connectivity index (χ1v) is 8.80. The highest BCUT2D eigenvalue weighted by atomic mass is 32.2. The van der Waals surface area contributed by atoms with E-state index in [1.807, 2.05) is 6.92 Å². The van der Waals surface area contributed by atoms with E-state index in [2.05, 4.69) is 5.32 Å². The molecule has 0 heterocycles. The third kappa shape index (κ3) is 5.25. The van der Waals surface area contributed by atoms with Crippen molar-refractivity contribution >= 4 is 21.6 Å². The van der Waals surface area contributed by atoms with E-state index in [-0.39, 0.29) is 18.9 Å². The molecule has 8 heteroatoms. The lowest BCUT2D eigenvalue weighted by Gasteiger charge is -2.23. The molecule has 22 heavy (non-hydrogen) atoms. The zero-order valence-corrected chi connectivity index (χ0v) is 13.4. The van der Waals surface area contributed by atoms with Gasteiger partial charge in [-0.1, -0.05) is 19.4 Å². The van der Waals surface area contributed by atoms with Gasteiger partial charge >= 0.3 is 0 Å². The molecule has 0 aromatic heterocycles. The highest BCUT2D eigenvalue weighted by Gasteiger charge is 2.24. The number of halogens is 2. The maximum Gasteiger partial charge on any atom is 0.232 e. The van der Waals surface area contributed by atoms with Crippen molar-refractivity contribution in [3.8, 4) is 0 Å². The summed E-state index contributed by atoms with van der Waals surface area (Å²) in [7, 11) is -3.91. The molecule has 5 nitrogen and oxygen atoms in total. The molecule has 0 saturated carbocycles. The number of nitrogens with one attached hydrogen (secondary N) is 1. The number of benzene rings is 1. The molecule has 1 aromatic carbocycles. The maximum absolute atomic E-state index is 13.8. The Hall–Kier alpha value is -1.70. The smallest absolute Gasteiger partial charge is 0.232 e. The number of hydrogen-bond donors (Lipinski definition) is 1. The predicted molar refractivity (Wildman–Crippen MR) is 81.1 cm³/mol. The quantitative estimate of drug-likeness (QED) is 0.740. The van der Waals surface area contributed by atoms with E-state index in [9.17, 15) is 22.0 Å². The molecule has 1 rings (SSSR count). The first-order valence-electron chi connectivity index (χ1n) is 6.95. The van der Waals surface area contributed by atoms with Crippen molar-refractivity contribution < 1.29 is 22.0 Å². The van der Waals surface area contributed by atoms with Crippen LogP contribution in [-0.2, 0) is 14.8 Å². The number of hydrogen-bond acceptors (Lipinski definition) is 3. The van der Waals surface area contributed by atoms with Gasteiger partial charge in [-0.25, -0.2) is 17.2 Å². The molecule has 0 bridgehead atoms. The largest absolute Gasteiger partial charge is 0.356 e. The summed E-state index contributed by atoms with van der Waals surface area (Å²) in [5.74, 6) is -2.34. The molecule has 1 aromatic rings. The van der Waals surface area contributed by atoms with Crippen LogP contribution in [0.1, 0.15) is 26.2 Å². The maximum atomic E-state index is 13.8. The molecule has 0 radical (unpaired) electrons. The van der Waals surface area contributed by atoms with Crippen LogP contribution in [0.2, 0.25) is 0 Å². The lowest BCUT2D eigenvalue weighted by atomic mass is 10.2. The fraction of sp³-hybridized carbons (Fsp3) is 0.500. The highest BCUT2D eigenvalue weighted by molar-refractivity contribution is 7.92. The van der Waals surface area contributed by atoms with Gasteiger partial charge in [0, 0.05) is 19.5 Å². The van der Waals surface area contributed by atoms with Gasteiger partial charge in [-0.3, -0.25) is 9.10 Å². The Bertz CT molecular complexity index is 600. The highest BCUT2D eigenvalue weighted by Crippen LogP contribution is 2.25. The van der Waals surface area contributed by atoms with Crippen LogP contribution in [0.15, 0.2) is 18.2 Å². The van der Waals surface area contributed by atoms with Crippen LogP contribution in [0, 0.1) is 11.6 Å². The SMILES string of the molecule is CCCCNC(=O)CCN(c1c(F)cccc1F)S(C)(=O)=O. The summed E-state index contributed by atoms with van der Waals surface area (Å²) in [5, 5.41) is 2.62. The molecule has 0 fully saturated rings. The Morgan fingerprint density at radius 3 is 2.36 bits per heavy atom. The molecule has 0 aliphatic heterocycles. The second-order valence-electron chi connectivity index (χ2n) is 4.86. The van der Waals surface area contributed by atoms with Gasteiger partial charge in [-0.15, -0.1) is 0 Å². The number of anilines is 1. The number of carbonyl (C=O) groups is 1. The summed E-state index contributed by atoms with van der Waals surface area (Å²) in [6, 6.07) is 3.09.